The van der Waals surface area contributed by atoms with E-state index in [0.29, 0.717) is 12.3 Å². The van der Waals surface area contributed by atoms with E-state index in [1.54, 1.807) is 12.0 Å². The van der Waals surface area contributed by atoms with Gasteiger partial charge in [-0.15, -0.1) is 0 Å². The van der Waals surface area contributed by atoms with Crippen molar-refractivity contribution in [3.8, 4) is 5.75 Å². The summed E-state index contributed by atoms with van der Waals surface area (Å²) in [5, 5.41) is 0. The van der Waals surface area contributed by atoms with Crippen molar-refractivity contribution in [2.24, 2.45) is 0 Å². The first-order chi connectivity index (χ1) is 8.19. The molecule has 0 saturated carbocycles. The van der Waals surface area contributed by atoms with Gasteiger partial charge in [-0.2, -0.15) is 0 Å². The Morgan fingerprint density at radius 1 is 1.35 bits per heavy atom. The Morgan fingerprint density at radius 3 is 2.76 bits per heavy atom. The van der Waals surface area contributed by atoms with Crippen molar-refractivity contribution < 1.29 is 14.3 Å². The first kappa shape index (κ1) is 11.5. The SMILES string of the molecule is COC(=O)N1CC=C(C)c2cccc(OC)c21. The van der Waals surface area contributed by atoms with Crippen LogP contribution in [0.25, 0.3) is 5.57 Å². The van der Waals surface area contributed by atoms with Crippen LogP contribution in [0.2, 0.25) is 0 Å². The zero-order valence-electron chi connectivity index (χ0n) is 10.2. The molecule has 4 heteroatoms. The number of hydrogen-bond donors (Lipinski definition) is 0. The first-order valence-corrected chi connectivity index (χ1v) is 5.38. The number of amides is 1. The number of methoxy groups -OCH3 is 2. The fourth-order valence-electron chi connectivity index (χ4n) is 1.99. The van der Waals surface area contributed by atoms with Gasteiger partial charge in [-0.05, 0) is 18.6 Å². The zero-order valence-corrected chi connectivity index (χ0v) is 10.2. The lowest BCUT2D eigenvalue weighted by atomic mass is 10.00. The Kier molecular flexibility index (Phi) is 3.04. The van der Waals surface area contributed by atoms with E-state index in [2.05, 4.69) is 0 Å². The summed E-state index contributed by atoms with van der Waals surface area (Å²) in [5.41, 5.74) is 2.92. The molecule has 0 bridgehead atoms. The van der Waals surface area contributed by atoms with E-state index in [-0.39, 0.29) is 6.09 Å². The van der Waals surface area contributed by atoms with Gasteiger partial charge in [0, 0.05) is 12.1 Å². The summed E-state index contributed by atoms with van der Waals surface area (Å²) in [6, 6.07) is 5.72. The number of carbonyl (C=O) groups excluding carboxylic acids is 1. The average molecular weight is 233 g/mol. The highest BCUT2D eigenvalue weighted by Gasteiger charge is 2.25. The molecular formula is C13H15NO3. The standard InChI is InChI=1S/C13H15NO3/c1-9-7-8-14(13(15)17-3)12-10(9)5-4-6-11(12)16-2/h4-7H,8H2,1-3H3. The molecule has 1 aliphatic rings. The van der Waals surface area contributed by atoms with Crippen molar-refractivity contribution in [1.29, 1.82) is 0 Å². The van der Waals surface area contributed by atoms with E-state index in [4.69, 9.17) is 9.47 Å². The van der Waals surface area contributed by atoms with Gasteiger partial charge in [0.1, 0.15) is 5.75 Å². The van der Waals surface area contributed by atoms with Crippen LogP contribution in [0, 0.1) is 0 Å². The summed E-state index contributed by atoms with van der Waals surface area (Å²) in [4.78, 5) is 13.3. The molecule has 1 amide bonds. The molecule has 1 aromatic rings. The van der Waals surface area contributed by atoms with Gasteiger partial charge in [0.2, 0.25) is 0 Å². The third kappa shape index (κ3) is 1.86. The van der Waals surface area contributed by atoms with Crippen molar-refractivity contribution >= 4 is 17.4 Å². The van der Waals surface area contributed by atoms with Gasteiger partial charge in [0.15, 0.2) is 0 Å². The number of ether oxygens (including phenoxy) is 2. The van der Waals surface area contributed by atoms with Crippen molar-refractivity contribution in [1.82, 2.24) is 0 Å². The minimum atomic E-state index is -0.375. The summed E-state index contributed by atoms with van der Waals surface area (Å²) < 4.78 is 10.1. The van der Waals surface area contributed by atoms with Gasteiger partial charge in [0.05, 0.1) is 19.9 Å². The molecule has 90 valence electrons. The van der Waals surface area contributed by atoms with Crippen LogP contribution in [0.4, 0.5) is 10.5 Å². The maximum Gasteiger partial charge on any atom is 0.414 e. The molecule has 0 aromatic heterocycles. The molecular weight excluding hydrogens is 218 g/mol. The number of hydrogen-bond acceptors (Lipinski definition) is 3. The van der Waals surface area contributed by atoms with E-state index in [1.165, 1.54) is 7.11 Å². The number of rotatable bonds is 1. The minimum Gasteiger partial charge on any atom is -0.495 e. The number of nitrogens with zero attached hydrogens (tertiary/aromatic N) is 1. The maximum absolute atomic E-state index is 11.7. The normalized spacial score (nSPS) is 13.8. The Balaban J connectivity index is 2.57. The van der Waals surface area contributed by atoms with Crippen molar-refractivity contribution in [2.75, 3.05) is 25.7 Å². The van der Waals surface area contributed by atoms with E-state index in [1.807, 2.05) is 31.2 Å². The summed E-state index contributed by atoms with van der Waals surface area (Å²) in [7, 11) is 2.97. The van der Waals surface area contributed by atoms with E-state index >= 15 is 0 Å². The van der Waals surface area contributed by atoms with Gasteiger partial charge in [-0.1, -0.05) is 18.2 Å². The molecule has 0 N–H and O–H groups in total. The molecule has 0 unspecified atom stereocenters. The smallest absolute Gasteiger partial charge is 0.414 e. The highest BCUT2D eigenvalue weighted by Crippen LogP contribution is 2.38. The molecule has 0 fully saturated rings. The summed E-state index contributed by atoms with van der Waals surface area (Å²) in [6.45, 7) is 2.53. The molecule has 0 spiro atoms. The molecule has 4 nitrogen and oxygen atoms in total. The largest absolute Gasteiger partial charge is 0.495 e. The molecule has 1 aromatic carbocycles. The Bertz CT molecular complexity index is 480. The second-order valence-corrected chi connectivity index (χ2v) is 3.82. The fraction of sp³-hybridized carbons (Fsp3) is 0.308. The van der Waals surface area contributed by atoms with Crippen molar-refractivity contribution in [3.05, 3.63) is 29.8 Å². The van der Waals surface area contributed by atoms with Crippen molar-refractivity contribution in [3.63, 3.8) is 0 Å². The zero-order chi connectivity index (χ0) is 12.4. The van der Waals surface area contributed by atoms with E-state index in [0.717, 1.165) is 16.8 Å². The summed E-state index contributed by atoms with van der Waals surface area (Å²) >= 11 is 0. The van der Waals surface area contributed by atoms with Crippen LogP contribution < -0.4 is 9.64 Å². The second kappa shape index (κ2) is 4.49. The lowest BCUT2D eigenvalue weighted by Crippen LogP contribution is -2.33. The third-order valence-corrected chi connectivity index (χ3v) is 2.89. The van der Waals surface area contributed by atoms with Gasteiger partial charge in [-0.3, -0.25) is 4.90 Å². The molecule has 0 aliphatic carbocycles. The first-order valence-electron chi connectivity index (χ1n) is 5.38. The lowest BCUT2D eigenvalue weighted by Gasteiger charge is -2.28. The molecule has 1 heterocycles. The van der Waals surface area contributed by atoms with E-state index < -0.39 is 0 Å². The lowest BCUT2D eigenvalue weighted by molar-refractivity contribution is 0.179. The molecule has 0 radical (unpaired) electrons. The number of para-hydroxylation sites is 1. The fourth-order valence-corrected chi connectivity index (χ4v) is 1.99. The molecule has 0 atom stereocenters. The molecule has 1 aliphatic heterocycles. The van der Waals surface area contributed by atoms with Gasteiger partial charge >= 0.3 is 6.09 Å². The van der Waals surface area contributed by atoms with Gasteiger partial charge in [-0.25, -0.2) is 4.79 Å². The number of allylic oxidation sites excluding steroid dienone is 1. The van der Waals surface area contributed by atoms with Crippen LogP contribution in [0.15, 0.2) is 24.3 Å². The van der Waals surface area contributed by atoms with Crippen LogP contribution in [0.1, 0.15) is 12.5 Å². The minimum absolute atomic E-state index is 0.375. The number of benzene rings is 1. The highest BCUT2D eigenvalue weighted by atomic mass is 16.5. The van der Waals surface area contributed by atoms with Crippen LogP contribution in [-0.4, -0.2) is 26.9 Å². The predicted molar refractivity (Wildman–Crippen MR) is 66.4 cm³/mol. The molecule has 2 rings (SSSR count). The van der Waals surface area contributed by atoms with Crippen LogP contribution >= 0.6 is 0 Å². The quantitative estimate of drug-likeness (QED) is 0.748. The summed E-state index contributed by atoms with van der Waals surface area (Å²) in [6.07, 6.45) is 1.62. The second-order valence-electron chi connectivity index (χ2n) is 3.82. The Labute approximate surface area is 100 Å². The van der Waals surface area contributed by atoms with Crippen LogP contribution in [0.3, 0.4) is 0 Å². The highest BCUT2D eigenvalue weighted by molar-refractivity contribution is 5.97. The summed E-state index contributed by atoms with van der Waals surface area (Å²) in [5.74, 6) is 0.681. The number of fused-ring (bicyclic) bond motifs is 1. The molecule has 17 heavy (non-hydrogen) atoms. The third-order valence-electron chi connectivity index (χ3n) is 2.89. The molecule has 0 saturated heterocycles. The van der Waals surface area contributed by atoms with Crippen molar-refractivity contribution in [2.45, 2.75) is 6.92 Å². The monoisotopic (exact) mass is 233 g/mol. The number of carbonyl (C=O) groups is 1. The van der Waals surface area contributed by atoms with Crippen LogP contribution in [0.5, 0.6) is 5.75 Å². The van der Waals surface area contributed by atoms with Gasteiger partial charge < -0.3 is 9.47 Å². The Hall–Kier alpha value is -1.97. The maximum atomic E-state index is 11.7. The van der Waals surface area contributed by atoms with Crippen LogP contribution in [-0.2, 0) is 4.74 Å². The van der Waals surface area contributed by atoms with E-state index in [9.17, 15) is 4.79 Å². The average Bonchev–Trinajstić information content (AvgIpc) is 2.38. The Morgan fingerprint density at radius 2 is 2.12 bits per heavy atom. The predicted octanol–water partition coefficient (Wildman–Crippen LogP) is 2.68. The number of anilines is 1. The van der Waals surface area contributed by atoms with Gasteiger partial charge in [0.25, 0.3) is 0 Å². The topological polar surface area (TPSA) is 38.8 Å².